The topological polar surface area (TPSA) is 128 Å². The van der Waals surface area contributed by atoms with Crippen molar-refractivity contribution < 1.29 is 19.8 Å². The number of imide groups is 1. The molecule has 0 fully saturated rings. The summed E-state index contributed by atoms with van der Waals surface area (Å²) in [5, 5.41) is 22.5. The molecule has 7 heteroatoms. The van der Waals surface area contributed by atoms with Crippen LogP contribution in [-0.2, 0) is 0 Å². The van der Waals surface area contributed by atoms with Crippen molar-refractivity contribution in [3.63, 3.8) is 0 Å². The lowest BCUT2D eigenvalue weighted by atomic mass is 10.7. The maximum atomic E-state index is 9.91. The van der Waals surface area contributed by atoms with Crippen LogP contribution in [0.4, 0.5) is 9.59 Å². The van der Waals surface area contributed by atoms with E-state index in [-0.39, 0.29) is 4.90 Å². The van der Waals surface area contributed by atoms with E-state index in [4.69, 9.17) is 15.6 Å². The number of guanidine groups is 1. The van der Waals surface area contributed by atoms with Gasteiger partial charge in [-0.2, -0.15) is 0 Å². The molecule has 0 aromatic carbocycles. The number of hydrogen-bond acceptors (Lipinski definition) is 3. The van der Waals surface area contributed by atoms with Crippen molar-refractivity contribution >= 4 is 18.1 Å². The molecule has 10 heavy (non-hydrogen) atoms. The molecule has 0 aromatic heterocycles. The van der Waals surface area contributed by atoms with E-state index in [1.165, 1.54) is 0 Å². The molecule has 0 saturated heterocycles. The fourth-order valence-electron chi connectivity index (χ4n) is 0.288. The third-order valence-electron chi connectivity index (χ3n) is 0.623. The SMILES string of the molecule is N=C(N)N(C(=O)O)C(=O)O. The molecular formula is C3H5N3O4. The maximum Gasteiger partial charge on any atom is 0.423 e. The fourth-order valence-corrected chi connectivity index (χ4v) is 0.288. The highest BCUT2D eigenvalue weighted by Gasteiger charge is 2.22. The Hall–Kier alpha value is -1.79. The summed E-state index contributed by atoms with van der Waals surface area (Å²) in [5.41, 5.74) is 4.59. The standard InChI is InChI=1S/C3H5N3O4/c4-1(5)6(2(7)8)3(9)10/h(H3,4,5)(H,7,8)(H,9,10). The number of amides is 2. The van der Waals surface area contributed by atoms with Crippen molar-refractivity contribution in [1.29, 1.82) is 5.41 Å². The zero-order valence-corrected chi connectivity index (χ0v) is 4.74. The summed E-state index contributed by atoms with van der Waals surface area (Å²) in [5.74, 6) is -1.04. The van der Waals surface area contributed by atoms with Gasteiger partial charge in [0.15, 0.2) is 0 Å². The first-order valence-electron chi connectivity index (χ1n) is 2.06. The summed E-state index contributed by atoms with van der Waals surface area (Å²) in [4.78, 5) is 19.5. The first-order chi connectivity index (χ1) is 4.46. The van der Waals surface area contributed by atoms with Crippen molar-refractivity contribution in [3.8, 4) is 0 Å². The van der Waals surface area contributed by atoms with E-state index in [0.717, 1.165) is 0 Å². The van der Waals surface area contributed by atoms with Gasteiger partial charge in [-0.3, -0.25) is 5.41 Å². The summed E-state index contributed by atoms with van der Waals surface area (Å²) in [6.45, 7) is 0. The Morgan fingerprint density at radius 1 is 1.30 bits per heavy atom. The van der Waals surface area contributed by atoms with E-state index < -0.39 is 18.1 Å². The van der Waals surface area contributed by atoms with Gasteiger partial charge in [0.1, 0.15) is 0 Å². The number of nitrogens with zero attached hydrogens (tertiary/aromatic N) is 1. The first kappa shape index (κ1) is 8.21. The first-order valence-corrected chi connectivity index (χ1v) is 2.06. The van der Waals surface area contributed by atoms with Crippen molar-refractivity contribution in [3.05, 3.63) is 0 Å². The largest absolute Gasteiger partial charge is 0.464 e. The summed E-state index contributed by atoms with van der Waals surface area (Å²) in [6.07, 6.45) is -3.58. The van der Waals surface area contributed by atoms with Crippen molar-refractivity contribution in [2.24, 2.45) is 5.73 Å². The molecule has 56 valence electrons. The van der Waals surface area contributed by atoms with Gasteiger partial charge in [0, 0.05) is 0 Å². The third-order valence-corrected chi connectivity index (χ3v) is 0.623. The molecule has 5 N–H and O–H groups in total. The Morgan fingerprint density at radius 3 is 1.60 bits per heavy atom. The van der Waals surface area contributed by atoms with E-state index in [2.05, 4.69) is 5.73 Å². The van der Waals surface area contributed by atoms with Crippen LogP contribution >= 0.6 is 0 Å². The van der Waals surface area contributed by atoms with Crippen LogP contribution in [0, 0.1) is 5.41 Å². The van der Waals surface area contributed by atoms with Gasteiger partial charge in [-0.25, -0.2) is 9.59 Å². The van der Waals surface area contributed by atoms with Gasteiger partial charge < -0.3 is 15.9 Å². The number of rotatable bonds is 0. The van der Waals surface area contributed by atoms with E-state index in [1.807, 2.05) is 0 Å². The van der Waals surface area contributed by atoms with Crippen LogP contribution in [0.25, 0.3) is 0 Å². The zero-order chi connectivity index (χ0) is 8.31. The highest BCUT2D eigenvalue weighted by atomic mass is 16.4. The molecule has 0 rings (SSSR count). The van der Waals surface area contributed by atoms with Crippen LogP contribution < -0.4 is 5.73 Å². The second-order valence-electron chi connectivity index (χ2n) is 1.29. The highest BCUT2D eigenvalue weighted by molar-refractivity contribution is 6.04. The third kappa shape index (κ3) is 1.62. The van der Waals surface area contributed by atoms with Gasteiger partial charge in [0.2, 0.25) is 5.96 Å². The Labute approximate surface area is 55.2 Å². The van der Waals surface area contributed by atoms with Gasteiger partial charge in [0.25, 0.3) is 0 Å². The van der Waals surface area contributed by atoms with Gasteiger partial charge in [-0.15, -0.1) is 4.90 Å². The van der Waals surface area contributed by atoms with Crippen LogP contribution in [0.3, 0.4) is 0 Å². The molecule has 0 radical (unpaired) electrons. The maximum absolute atomic E-state index is 9.91. The minimum absolute atomic E-state index is 0.306. The van der Waals surface area contributed by atoms with Gasteiger partial charge in [-0.05, 0) is 0 Å². The molecule has 0 aliphatic heterocycles. The van der Waals surface area contributed by atoms with E-state index in [0.29, 0.717) is 0 Å². The smallest absolute Gasteiger partial charge is 0.423 e. The van der Waals surface area contributed by atoms with Crippen molar-refractivity contribution in [2.75, 3.05) is 0 Å². The lowest BCUT2D eigenvalue weighted by molar-refractivity contribution is 0.144. The number of nitrogens with two attached hydrogens (primary N) is 1. The lowest BCUT2D eigenvalue weighted by Crippen LogP contribution is -2.43. The average molecular weight is 147 g/mol. The molecule has 7 nitrogen and oxygen atoms in total. The summed E-state index contributed by atoms with van der Waals surface area (Å²) < 4.78 is 0. The molecule has 2 amide bonds. The summed E-state index contributed by atoms with van der Waals surface area (Å²) in [6, 6.07) is 0. The number of carboxylic acid groups (broad SMARTS) is 2. The minimum Gasteiger partial charge on any atom is -0.464 e. The predicted molar refractivity (Wildman–Crippen MR) is 29.8 cm³/mol. The minimum atomic E-state index is -1.79. The molecular weight excluding hydrogens is 142 g/mol. The molecule has 0 aliphatic carbocycles. The number of nitrogens with one attached hydrogen (secondary N) is 1. The highest BCUT2D eigenvalue weighted by Crippen LogP contribution is 1.87. The second-order valence-corrected chi connectivity index (χ2v) is 1.29. The van der Waals surface area contributed by atoms with Crippen LogP contribution in [0.2, 0.25) is 0 Å². The Kier molecular flexibility index (Phi) is 2.19. The molecule has 0 aromatic rings. The quantitative estimate of drug-likeness (QED) is 0.272. The molecule has 0 heterocycles. The van der Waals surface area contributed by atoms with Crippen molar-refractivity contribution in [1.82, 2.24) is 4.90 Å². The van der Waals surface area contributed by atoms with Gasteiger partial charge >= 0.3 is 12.2 Å². The number of carbonyl (C=O) groups is 2. The average Bonchev–Trinajstić information content (AvgIpc) is 1.59. The zero-order valence-electron chi connectivity index (χ0n) is 4.74. The Morgan fingerprint density at radius 2 is 1.60 bits per heavy atom. The molecule has 0 saturated carbocycles. The fraction of sp³-hybridized carbons (Fsp3) is 0. The van der Waals surface area contributed by atoms with Crippen LogP contribution in [0.5, 0.6) is 0 Å². The molecule has 0 atom stereocenters. The van der Waals surface area contributed by atoms with Gasteiger partial charge in [0.05, 0.1) is 0 Å². The predicted octanol–water partition coefficient (Wildman–Crippen LogP) is -0.462. The van der Waals surface area contributed by atoms with E-state index in [1.54, 1.807) is 0 Å². The molecule has 0 aliphatic rings. The van der Waals surface area contributed by atoms with Crippen LogP contribution in [0.1, 0.15) is 0 Å². The second kappa shape index (κ2) is 2.67. The Bertz CT molecular complexity index is 155. The van der Waals surface area contributed by atoms with Crippen LogP contribution in [-0.4, -0.2) is 33.3 Å². The van der Waals surface area contributed by atoms with Crippen LogP contribution in [0.15, 0.2) is 0 Å². The Balaban J connectivity index is 4.43. The van der Waals surface area contributed by atoms with E-state index in [9.17, 15) is 9.59 Å². The van der Waals surface area contributed by atoms with Crippen molar-refractivity contribution in [2.45, 2.75) is 0 Å². The lowest BCUT2D eigenvalue weighted by Gasteiger charge is -2.08. The molecule has 0 spiro atoms. The van der Waals surface area contributed by atoms with E-state index >= 15 is 0 Å². The number of hydrogen-bond donors (Lipinski definition) is 4. The molecule has 0 unspecified atom stereocenters. The van der Waals surface area contributed by atoms with Gasteiger partial charge in [-0.1, -0.05) is 0 Å². The monoisotopic (exact) mass is 147 g/mol. The summed E-state index contributed by atoms with van der Waals surface area (Å²) >= 11 is 0. The summed E-state index contributed by atoms with van der Waals surface area (Å²) in [7, 11) is 0. The molecule has 0 bridgehead atoms. The normalized spacial score (nSPS) is 8.40.